The normalized spacial score (nSPS) is 11.8. The van der Waals surface area contributed by atoms with Crippen molar-refractivity contribution in [3.05, 3.63) is 75.8 Å². The summed E-state index contributed by atoms with van der Waals surface area (Å²) < 4.78 is 0. The smallest absolute Gasteiger partial charge is 0.310 e. The second kappa shape index (κ2) is 6.65. The van der Waals surface area contributed by atoms with Gasteiger partial charge < -0.3 is 5.11 Å². The first-order valence-corrected chi connectivity index (χ1v) is 6.59. The molecule has 2 aromatic carbocycles. The van der Waals surface area contributed by atoms with Crippen LogP contribution in [0.25, 0.3) is 0 Å². The molecule has 21 heavy (non-hydrogen) atoms. The van der Waals surface area contributed by atoms with E-state index in [9.17, 15) is 20.0 Å². The van der Waals surface area contributed by atoms with Crippen molar-refractivity contribution in [1.29, 1.82) is 0 Å². The summed E-state index contributed by atoms with van der Waals surface area (Å²) in [4.78, 5) is 21.9. The molecule has 0 amide bonds. The Morgan fingerprint density at radius 2 is 1.71 bits per heavy atom. The lowest BCUT2D eigenvalue weighted by molar-refractivity contribution is -0.385. The van der Waals surface area contributed by atoms with Crippen molar-refractivity contribution in [3.63, 3.8) is 0 Å². The predicted molar refractivity (Wildman–Crippen MR) is 78.2 cm³/mol. The van der Waals surface area contributed by atoms with E-state index in [1.165, 1.54) is 6.07 Å². The fourth-order valence-corrected chi connectivity index (χ4v) is 2.32. The number of benzene rings is 2. The molecule has 0 aliphatic rings. The number of hydrogen-bond donors (Lipinski definition) is 1. The lowest BCUT2D eigenvalue weighted by Gasteiger charge is -2.12. The number of rotatable bonds is 6. The fourth-order valence-electron chi connectivity index (χ4n) is 2.32. The molecule has 0 aliphatic carbocycles. The summed E-state index contributed by atoms with van der Waals surface area (Å²) in [6, 6.07) is 15.4. The summed E-state index contributed by atoms with van der Waals surface area (Å²) >= 11 is 0. The standard InChI is InChI=1S/C16H15NO4/c18-16(19)14(12-6-2-1-3-7-12)11-10-13-8-4-5-9-15(13)17(20)21/h1-9,14H,10-11H2,(H,18,19). The van der Waals surface area contributed by atoms with Crippen LogP contribution in [0.3, 0.4) is 0 Å². The van der Waals surface area contributed by atoms with Gasteiger partial charge >= 0.3 is 5.97 Å². The number of nitrogens with zero attached hydrogens (tertiary/aromatic N) is 1. The third-order valence-corrected chi connectivity index (χ3v) is 3.39. The largest absolute Gasteiger partial charge is 0.481 e. The van der Waals surface area contributed by atoms with Crippen LogP contribution in [0.4, 0.5) is 5.69 Å². The SMILES string of the molecule is O=C(O)C(CCc1ccccc1[N+](=O)[O-])c1ccccc1. The van der Waals surface area contributed by atoms with Crippen LogP contribution in [0.5, 0.6) is 0 Å². The summed E-state index contributed by atoms with van der Waals surface area (Å²) in [5.41, 5.74) is 1.31. The molecule has 0 fully saturated rings. The van der Waals surface area contributed by atoms with E-state index in [2.05, 4.69) is 0 Å². The van der Waals surface area contributed by atoms with E-state index in [0.29, 0.717) is 24.0 Å². The van der Waals surface area contributed by atoms with Crippen LogP contribution in [0.15, 0.2) is 54.6 Å². The Morgan fingerprint density at radius 3 is 2.33 bits per heavy atom. The Bertz CT molecular complexity index is 640. The van der Waals surface area contributed by atoms with Gasteiger partial charge in [-0.15, -0.1) is 0 Å². The van der Waals surface area contributed by atoms with Gasteiger partial charge in [-0.25, -0.2) is 0 Å². The predicted octanol–water partition coefficient (Wildman–Crippen LogP) is 3.40. The van der Waals surface area contributed by atoms with Gasteiger partial charge in [0.1, 0.15) is 0 Å². The molecule has 0 radical (unpaired) electrons. The van der Waals surface area contributed by atoms with Crippen LogP contribution in [0, 0.1) is 10.1 Å². The number of carboxylic acid groups (broad SMARTS) is 1. The van der Waals surface area contributed by atoms with Crippen LogP contribution in [0.1, 0.15) is 23.5 Å². The number of carbonyl (C=O) groups is 1. The Kier molecular flexibility index (Phi) is 4.66. The fraction of sp³-hybridized carbons (Fsp3) is 0.188. The maximum Gasteiger partial charge on any atom is 0.310 e. The van der Waals surface area contributed by atoms with Gasteiger partial charge in [-0.2, -0.15) is 0 Å². The van der Waals surface area contributed by atoms with Crippen LogP contribution in [0.2, 0.25) is 0 Å². The van der Waals surface area contributed by atoms with Crippen molar-refractivity contribution in [3.8, 4) is 0 Å². The highest BCUT2D eigenvalue weighted by Gasteiger charge is 2.21. The van der Waals surface area contributed by atoms with Gasteiger partial charge in [0.2, 0.25) is 0 Å². The molecule has 1 atom stereocenters. The van der Waals surface area contributed by atoms with Gasteiger partial charge in [-0.1, -0.05) is 48.5 Å². The van der Waals surface area contributed by atoms with Crippen molar-refractivity contribution >= 4 is 11.7 Å². The lowest BCUT2D eigenvalue weighted by atomic mass is 9.92. The highest BCUT2D eigenvalue weighted by Crippen LogP contribution is 2.25. The van der Waals surface area contributed by atoms with Crippen molar-refractivity contribution in [1.82, 2.24) is 0 Å². The minimum absolute atomic E-state index is 0.0368. The number of hydrogen-bond acceptors (Lipinski definition) is 3. The zero-order valence-corrected chi connectivity index (χ0v) is 11.3. The van der Waals surface area contributed by atoms with E-state index >= 15 is 0 Å². The lowest BCUT2D eigenvalue weighted by Crippen LogP contribution is -2.13. The van der Waals surface area contributed by atoms with Gasteiger partial charge in [0, 0.05) is 11.6 Å². The maximum atomic E-state index is 11.4. The second-order valence-electron chi connectivity index (χ2n) is 4.73. The number of carboxylic acids is 1. The zero-order chi connectivity index (χ0) is 15.2. The Hall–Kier alpha value is -2.69. The molecule has 0 aliphatic heterocycles. The van der Waals surface area contributed by atoms with E-state index in [1.807, 2.05) is 6.07 Å². The molecule has 0 spiro atoms. The van der Waals surface area contributed by atoms with Crippen molar-refractivity contribution in [2.75, 3.05) is 0 Å². The van der Waals surface area contributed by atoms with Crippen molar-refractivity contribution in [2.24, 2.45) is 0 Å². The number of para-hydroxylation sites is 1. The van der Waals surface area contributed by atoms with Gasteiger partial charge in [0.25, 0.3) is 5.69 Å². The van der Waals surface area contributed by atoms with Crippen LogP contribution in [-0.4, -0.2) is 16.0 Å². The molecular formula is C16H15NO4. The molecular weight excluding hydrogens is 270 g/mol. The van der Waals surface area contributed by atoms with Crippen LogP contribution in [-0.2, 0) is 11.2 Å². The third-order valence-electron chi connectivity index (χ3n) is 3.39. The summed E-state index contributed by atoms with van der Waals surface area (Å²) in [6.07, 6.45) is 0.674. The summed E-state index contributed by atoms with van der Waals surface area (Å²) in [5.74, 6) is -1.58. The first-order chi connectivity index (χ1) is 10.1. The number of aryl methyl sites for hydroxylation is 1. The third kappa shape index (κ3) is 3.66. The quantitative estimate of drug-likeness (QED) is 0.651. The number of nitro benzene ring substituents is 1. The van der Waals surface area contributed by atoms with Crippen molar-refractivity contribution in [2.45, 2.75) is 18.8 Å². The molecule has 5 nitrogen and oxygen atoms in total. The van der Waals surface area contributed by atoms with E-state index in [1.54, 1.807) is 42.5 Å². The molecule has 2 aromatic rings. The highest BCUT2D eigenvalue weighted by molar-refractivity contribution is 5.76. The second-order valence-corrected chi connectivity index (χ2v) is 4.73. The van der Waals surface area contributed by atoms with Crippen LogP contribution >= 0.6 is 0 Å². The number of nitro groups is 1. The van der Waals surface area contributed by atoms with E-state index in [4.69, 9.17) is 0 Å². The zero-order valence-electron chi connectivity index (χ0n) is 11.3. The van der Waals surface area contributed by atoms with Gasteiger partial charge in [-0.3, -0.25) is 14.9 Å². The van der Waals surface area contributed by atoms with E-state index in [-0.39, 0.29) is 5.69 Å². The average molecular weight is 285 g/mol. The monoisotopic (exact) mass is 285 g/mol. The Morgan fingerprint density at radius 1 is 1.10 bits per heavy atom. The molecule has 0 saturated heterocycles. The molecule has 108 valence electrons. The molecule has 0 bridgehead atoms. The van der Waals surface area contributed by atoms with Gasteiger partial charge in [0.05, 0.1) is 10.8 Å². The minimum Gasteiger partial charge on any atom is -0.481 e. The minimum atomic E-state index is -0.917. The number of aliphatic carboxylic acids is 1. The molecule has 1 N–H and O–H groups in total. The van der Waals surface area contributed by atoms with Gasteiger partial charge in [-0.05, 0) is 18.4 Å². The van der Waals surface area contributed by atoms with Crippen molar-refractivity contribution < 1.29 is 14.8 Å². The summed E-state index contributed by atoms with van der Waals surface area (Å²) in [7, 11) is 0. The maximum absolute atomic E-state index is 11.4. The van der Waals surface area contributed by atoms with Crippen LogP contribution < -0.4 is 0 Å². The summed E-state index contributed by atoms with van der Waals surface area (Å²) in [5, 5.41) is 20.3. The summed E-state index contributed by atoms with van der Waals surface area (Å²) in [6.45, 7) is 0. The van der Waals surface area contributed by atoms with Gasteiger partial charge in [0.15, 0.2) is 0 Å². The Labute approximate surface area is 122 Å². The molecule has 0 saturated carbocycles. The molecule has 2 rings (SSSR count). The first kappa shape index (κ1) is 14.7. The highest BCUT2D eigenvalue weighted by atomic mass is 16.6. The molecule has 5 heteroatoms. The topological polar surface area (TPSA) is 80.4 Å². The Balaban J connectivity index is 2.17. The van der Waals surface area contributed by atoms with E-state index in [0.717, 1.165) is 0 Å². The molecule has 1 unspecified atom stereocenters. The first-order valence-electron chi connectivity index (χ1n) is 6.59. The molecule has 0 aromatic heterocycles. The average Bonchev–Trinajstić information content (AvgIpc) is 2.48. The molecule has 0 heterocycles. The van der Waals surface area contributed by atoms with E-state index < -0.39 is 16.8 Å².